The van der Waals surface area contributed by atoms with Crippen LogP contribution < -0.4 is 11.1 Å². The summed E-state index contributed by atoms with van der Waals surface area (Å²) in [5.41, 5.74) is 8.40. The molecule has 3 unspecified atom stereocenters. The number of carbonyl (C=O) groups is 1. The van der Waals surface area contributed by atoms with E-state index in [9.17, 15) is 4.79 Å². The van der Waals surface area contributed by atoms with Gasteiger partial charge < -0.3 is 11.1 Å². The van der Waals surface area contributed by atoms with Crippen molar-refractivity contribution < 1.29 is 4.79 Å². The monoisotopic (exact) mass is 310 g/mol. The minimum Gasteiger partial charge on any atom is -0.349 e. The molecular weight excluding hydrogens is 284 g/mol. The van der Waals surface area contributed by atoms with Crippen molar-refractivity contribution in [1.29, 1.82) is 0 Å². The van der Waals surface area contributed by atoms with Crippen LogP contribution in [0.3, 0.4) is 0 Å². The number of nitrogens with one attached hydrogen (secondary N) is 1. The third kappa shape index (κ3) is 4.67. The first-order chi connectivity index (χ1) is 11.1. The maximum atomic E-state index is 12.6. The Hall–Kier alpha value is -2.13. The van der Waals surface area contributed by atoms with Crippen LogP contribution in [0, 0.1) is 5.92 Å². The lowest BCUT2D eigenvalue weighted by Gasteiger charge is -2.24. The van der Waals surface area contributed by atoms with E-state index in [0.29, 0.717) is 0 Å². The molecule has 3 heteroatoms. The summed E-state index contributed by atoms with van der Waals surface area (Å²) < 4.78 is 0. The highest BCUT2D eigenvalue weighted by molar-refractivity contribution is 5.79. The topological polar surface area (TPSA) is 55.1 Å². The Morgan fingerprint density at radius 2 is 1.52 bits per heavy atom. The largest absolute Gasteiger partial charge is 0.349 e. The van der Waals surface area contributed by atoms with E-state index in [-0.39, 0.29) is 23.9 Å². The molecule has 0 saturated heterocycles. The lowest BCUT2D eigenvalue weighted by atomic mass is 9.93. The average molecular weight is 310 g/mol. The van der Waals surface area contributed by atoms with Gasteiger partial charge in [-0.15, -0.1) is 0 Å². The Morgan fingerprint density at radius 1 is 1.00 bits per heavy atom. The third-order valence-corrected chi connectivity index (χ3v) is 4.23. The molecule has 0 saturated carbocycles. The van der Waals surface area contributed by atoms with Crippen LogP contribution in [0.25, 0.3) is 0 Å². The van der Waals surface area contributed by atoms with Crippen LogP contribution in [0.4, 0.5) is 0 Å². The van der Waals surface area contributed by atoms with Gasteiger partial charge in [0, 0.05) is 6.04 Å². The summed E-state index contributed by atoms with van der Waals surface area (Å²) in [5.74, 6) is -0.274. The Morgan fingerprint density at radius 3 is 2.04 bits per heavy atom. The highest BCUT2D eigenvalue weighted by Crippen LogP contribution is 2.22. The normalized spacial score (nSPS) is 14.7. The van der Waals surface area contributed by atoms with Crippen molar-refractivity contribution in [2.45, 2.75) is 38.8 Å². The average Bonchev–Trinajstić information content (AvgIpc) is 2.61. The quantitative estimate of drug-likeness (QED) is 0.812. The molecule has 23 heavy (non-hydrogen) atoms. The van der Waals surface area contributed by atoms with E-state index in [1.807, 2.05) is 55.5 Å². The molecule has 3 nitrogen and oxygen atoms in total. The lowest BCUT2D eigenvalue weighted by molar-refractivity contribution is -0.126. The molecule has 0 aliphatic carbocycles. The summed E-state index contributed by atoms with van der Waals surface area (Å²) in [6, 6.07) is 19.6. The fraction of sp³-hybridized carbons (Fsp3) is 0.350. The Kier molecular flexibility index (Phi) is 6.36. The van der Waals surface area contributed by atoms with E-state index < -0.39 is 0 Å². The molecule has 2 aromatic rings. The standard InChI is InChI=1S/C20H26N2O/c1-3-10-18(16-11-6-4-7-12-16)22-20(23)15(2)19(21)17-13-8-5-9-14-17/h4-9,11-15,18-19H,3,10,21H2,1-2H3,(H,22,23). The van der Waals surface area contributed by atoms with E-state index in [0.717, 1.165) is 24.0 Å². The van der Waals surface area contributed by atoms with Crippen LogP contribution in [-0.2, 0) is 4.79 Å². The highest BCUT2D eigenvalue weighted by atomic mass is 16.1. The molecule has 0 bridgehead atoms. The molecule has 122 valence electrons. The molecule has 0 aliphatic rings. The summed E-state index contributed by atoms with van der Waals surface area (Å²) in [6.07, 6.45) is 1.93. The van der Waals surface area contributed by atoms with Gasteiger partial charge in [0.25, 0.3) is 0 Å². The van der Waals surface area contributed by atoms with Crippen molar-refractivity contribution >= 4 is 5.91 Å². The van der Waals surface area contributed by atoms with Crippen molar-refractivity contribution in [1.82, 2.24) is 5.32 Å². The zero-order valence-corrected chi connectivity index (χ0v) is 13.9. The van der Waals surface area contributed by atoms with Gasteiger partial charge in [0.2, 0.25) is 5.91 Å². The molecule has 3 N–H and O–H groups in total. The molecule has 3 atom stereocenters. The van der Waals surface area contributed by atoms with Gasteiger partial charge >= 0.3 is 0 Å². The summed E-state index contributed by atoms with van der Waals surface area (Å²) >= 11 is 0. The molecule has 0 radical (unpaired) electrons. The van der Waals surface area contributed by atoms with Crippen molar-refractivity contribution in [3.8, 4) is 0 Å². The Bertz CT molecular complexity index is 598. The lowest BCUT2D eigenvalue weighted by Crippen LogP contribution is -2.37. The minimum atomic E-state index is -0.297. The van der Waals surface area contributed by atoms with Crippen LogP contribution in [0.15, 0.2) is 60.7 Å². The zero-order chi connectivity index (χ0) is 16.7. The van der Waals surface area contributed by atoms with E-state index in [1.54, 1.807) is 0 Å². The van der Waals surface area contributed by atoms with Gasteiger partial charge in [-0.2, -0.15) is 0 Å². The first-order valence-corrected chi connectivity index (χ1v) is 8.29. The number of nitrogens with two attached hydrogens (primary N) is 1. The van der Waals surface area contributed by atoms with Gasteiger partial charge in [0.1, 0.15) is 0 Å². The number of rotatable bonds is 7. The molecule has 0 aliphatic heterocycles. The first-order valence-electron chi connectivity index (χ1n) is 8.29. The molecule has 0 heterocycles. The molecule has 1 amide bonds. The smallest absolute Gasteiger partial charge is 0.225 e. The summed E-state index contributed by atoms with van der Waals surface area (Å²) in [6.45, 7) is 4.02. The van der Waals surface area contributed by atoms with Crippen LogP contribution >= 0.6 is 0 Å². The number of hydrogen-bond acceptors (Lipinski definition) is 2. The number of benzene rings is 2. The maximum absolute atomic E-state index is 12.6. The number of hydrogen-bond donors (Lipinski definition) is 2. The number of amides is 1. The van der Waals surface area contributed by atoms with Crippen LogP contribution in [-0.4, -0.2) is 5.91 Å². The van der Waals surface area contributed by atoms with Gasteiger partial charge in [-0.25, -0.2) is 0 Å². The maximum Gasteiger partial charge on any atom is 0.225 e. The van der Waals surface area contributed by atoms with Gasteiger partial charge in [-0.05, 0) is 17.5 Å². The second-order valence-corrected chi connectivity index (χ2v) is 5.99. The van der Waals surface area contributed by atoms with Crippen molar-refractivity contribution in [2.24, 2.45) is 11.7 Å². The zero-order valence-electron chi connectivity index (χ0n) is 13.9. The summed E-state index contributed by atoms with van der Waals surface area (Å²) in [4.78, 5) is 12.6. The summed E-state index contributed by atoms with van der Waals surface area (Å²) in [7, 11) is 0. The van der Waals surface area contributed by atoms with Crippen LogP contribution in [0.5, 0.6) is 0 Å². The van der Waals surface area contributed by atoms with Crippen LogP contribution in [0.2, 0.25) is 0 Å². The van der Waals surface area contributed by atoms with E-state index in [2.05, 4.69) is 24.4 Å². The predicted molar refractivity (Wildman–Crippen MR) is 94.8 cm³/mol. The van der Waals surface area contributed by atoms with E-state index in [4.69, 9.17) is 5.73 Å². The van der Waals surface area contributed by atoms with E-state index in [1.165, 1.54) is 0 Å². The molecule has 0 spiro atoms. The molecule has 0 aromatic heterocycles. The van der Waals surface area contributed by atoms with Crippen LogP contribution in [0.1, 0.15) is 49.9 Å². The Labute approximate surface area is 138 Å². The molecule has 2 aromatic carbocycles. The fourth-order valence-electron chi connectivity index (χ4n) is 2.73. The molecule has 2 rings (SSSR count). The molecular formula is C20H26N2O. The third-order valence-electron chi connectivity index (χ3n) is 4.23. The fourth-order valence-corrected chi connectivity index (χ4v) is 2.73. The van der Waals surface area contributed by atoms with Crippen molar-refractivity contribution in [3.63, 3.8) is 0 Å². The van der Waals surface area contributed by atoms with Gasteiger partial charge in [0.15, 0.2) is 0 Å². The Balaban J connectivity index is 2.06. The van der Waals surface area contributed by atoms with Gasteiger partial charge in [0.05, 0.1) is 12.0 Å². The van der Waals surface area contributed by atoms with Gasteiger partial charge in [-0.1, -0.05) is 80.9 Å². The number of carbonyl (C=O) groups excluding carboxylic acids is 1. The predicted octanol–water partition coefficient (Wildman–Crippen LogP) is 3.98. The highest BCUT2D eigenvalue weighted by Gasteiger charge is 2.24. The summed E-state index contributed by atoms with van der Waals surface area (Å²) in [5, 5.41) is 3.17. The van der Waals surface area contributed by atoms with Crippen molar-refractivity contribution in [2.75, 3.05) is 0 Å². The first kappa shape index (κ1) is 17.2. The SMILES string of the molecule is CCCC(NC(=O)C(C)C(N)c1ccccc1)c1ccccc1. The molecule has 0 fully saturated rings. The second-order valence-electron chi connectivity index (χ2n) is 5.99. The second kappa shape index (κ2) is 8.49. The van der Waals surface area contributed by atoms with Gasteiger partial charge in [-0.3, -0.25) is 4.79 Å². The minimum absolute atomic E-state index is 0.00339. The van der Waals surface area contributed by atoms with E-state index >= 15 is 0 Å². The van der Waals surface area contributed by atoms with Crippen molar-refractivity contribution in [3.05, 3.63) is 71.8 Å².